The Bertz CT molecular complexity index is 545. The Morgan fingerprint density at radius 1 is 1.16 bits per heavy atom. The van der Waals surface area contributed by atoms with E-state index in [4.69, 9.17) is 4.74 Å². The first-order chi connectivity index (χ1) is 14.5. The fourth-order valence-corrected chi connectivity index (χ4v) is 3.59. The van der Waals surface area contributed by atoms with Crippen molar-refractivity contribution in [3.8, 4) is 0 Å². The zero-order valence-electron chi connectivity index (χ0n) is 21.7. The molecule has 9 heteroatoms. The predicted molar refractivity (Wildman–Crippen MR) is 145 cm³/mol. The molecule has 1 aliphatic rings. The number of ether oxygens (including phenoxy) is 1. The van der Waals surface area contributed by atoms with Crippen LogP contribution in [0.4, 0.5) is 4.79 Å². The maximum atomic E-state index is 12.2. The van der Waals surface area contributed by atoms with Crippen molar-refractivity contribution in [1.29, 1.82) is 0 Å². The summed E-state index contributed by atoms with van der Waals surface area (Å²) >= 11 is 0. The van der Waals surface area contributed by atoms with Crippen LogP contribution in [0.1, 0.15) is 53.9 Å². The fraction of sp³-hybridized carbons (Fsp3) is 0.913. The smallest absolute Gasteiger partial charge is 0.407 e. The van der Waals surface area contributed by atoms with E-state index in [1.54, 1.807) is 0 Å². The lowest BCUT2D eigenvalue weighted by molar-refractivity contribution is 0.0486. The number of halogens is 1. The van der Waals surface area contributed by atoms with E-state index in [0.29, 0.717) is 5.92 Å². The molecule has 32 heavy (non-hydrogen) atoms. The number of nitrogens with one attached hydrogen (secondary N) is 2. The molecule has 0 aromatic carbocycles. The van der Waals surface area contributed by atoms with Crippen molar-refractivity contribution in [2.75, 3.05) is 67.0 Å². The molecule has 2 N–H and O–H groups in total. The van der Waals surface area contributed by atoms with Crippen molar-refractivity contribution in [3.05, 3.63) is 0 Å². The third kappa shape index (κ3) is 13.7. The van der Waals surface area contributed by atoms with Gasteiger partial charge in [-0.3, -0.25) is 4.99 Å². The maximum Gasteiger partial charge on any atom is 0.407 e. The van der Waals surface area contributed by atoms with E-state index in [1.165, 1.54) is 39.1 Å². The highest BCUT2D eigenvalue weighted by atomic mass is 127. The van der Waals surface area contributed by atoms with Gasteiger partial charge in [-0.25, -0.2) is 4.79 Å². The highest BCUT2D eigenvalue weighted by Gasteiger charge is 2.22. The van der Waals surface area contributed by atoms with Crippen LogP contribution in [0, 0.1) is 5.92 Å². The number of hydrogen-bond donors (Lipinski definition) is 2. The van der Waals surface area contributed by atoms with Gasteiger partial charge in [0.2, 0.25) is 0 Å². The summed E-state index contributed by atoms with van der Waals surface area (Å²) in [7, 11) is 6.06. The monoisotopic (exact) mass is 568 g/mol. The third-order valence-corrected chi connectivity index (χ3v) is 5.64. The summed E-state index contributed by atoms with van der Waals surface area (Å²) in [6.07, 6.45) is 2.81. The van der Waals surface area contributed by atoms with Crippen LogP contribution in [0.15, 0.2) is 4.99 Å². The van der Waals surface area contributed by atoms with Crippen LogP contribution in [0.25, 0.3) is 0 Å². The van der Waals surface area contributed by atoms with Gasteiger partial charge in [-0.1, -0.05) is 13.8 Å². The van der Waals surface area contributed by atoms with Crippen molar-refractivity contribution in [2.45, 2.75) is 65.5 Å². The number of hydrogen-bond acceptors (Lipinski definition) is 5. The number of amides is 1. The highest BCUT2D eigenvalue weighted by molar-refractivity contribution is 14.0. The standard InChI is InChI=1S/C23H48N6O2.HI/c1-19(2)20(26-22(30)31-23(3,4)5)11-14-28(8)21(24-6)25-12-9-10-13-29-17-15-27(7)16-18-29;/h19-20H,9-18H2,1-8H3,(H,24,25)(H,26,30);1H. The molecule has 1 amide bonds. The van der Waals surface area contributed by atoms with E-state index >= 15 is 0 Å². The fourth-order valence-electron chi connectivity index (χ4n) is 3.59. The molecule has 1 rings (SSSR count). The number of rotatable bonds is 10. The molecule has 0 aliphatic carbocycles. The SMILES string of the molecule is CN=C(NCCCCN1CCN(C)CC1)N(C)CCC(NC(=O)OC(C)(C)C)C(C)C.I. The van der Waals surface area contributed by atoms with Gasteiger partial charge in [0, 0.05) is 59.4 Å². The van der Waals surface area contributed by atoms with Crippen LogP contribution in [0.5, 0.6) is 0 Å². The Morgan fingerprint density at radius 2 is 1.78 bits per heavy atom. The first-order valence-corrected chi connectivity index (χ1v) is 11.8. The van der Waals surface area contributed by atoms with E-state index in [2.05, 4.69) is 51.2 Å². The van der Waals surface area contributed by atoms with E-state index in [9.17, 15) is 4.79 Å². The van der Waals surface area contributed by atoms with Crippen LogP contribution >= 0.6 is 24.0 Å². The number of piperazine rings is 1. The molecule has 1 saturated heterocycles. The molecule has 0 saturated carbocycles. The second-order valence-electron chi connectivity index (χ2n) is 10.0. The second kappa shape index (κ2) is 15.9. The highest BCUT2D eigenvalue weighted by Crippen LogP contribution is 2.11. The van der Waals surface area contributed by atoms with Crippen molar-refractivity contribution < 1.29 is 9.53 Å². The Labute approximate surface area is 213 Å². The lowest BCUT2D eigenvalue weighted by Gasteiger charge is -2.32. The van der Waals surface area contributed by atoms with Gasteiger partial charge in [0.25, 0.3) is 0 Å². The largest absolute Gasteiger partial charge is 0.444 e. The zero-order chi connectivity index (χ0) is 23.4. The summed E-state index contributed by atoms with van der Waals surface area (Å²) in [5, 5.41) is 6.50. The normalized spacial score (nSPS) is 17.0. The number of carbonyl (C=O) groups excluding carboxylic acids is 1. The summed E-state index contributed by atoms with van der Waals surface area (Å²) in [5.41, 5.74) is -0.487. The molecule has 1 heterocycles. The topological polar surface area (TPSA) is 72.4 Å². The molecule has 1 aliphatic heterocycles. The molecule has 0 bridgehead atoms. The predicted octanol–water partition coefficient (Wildman–Crippen LogP) is 3.08. The van der Waals surface area contributed by atoms with Gasteiger partial charge >= 0.3 is 6.09 Å². The molecule has 0 spiro atoms. The number of carbonyl (C=O) groups is 1. The summed E-state index contributed by atoms with van der Waals surface area (Å²) in [6, 6.07) is 0.0546. The van der Waals surface area contributed by atoms with E-state index in [0.717, 1.165) is 31.9 Å². The van der Waals surface area contributed by atoms with Gasteiger partial charge in [0.15, 0.2) is 5.96 Å². The summed E-state index contributed by atoms with van der Waals surface area (Å²) in [4.78, 5) is 23.7. The Morgan fingerprint density at radius 3 is 2.31 bits per heavy atom. The minimum absolute atomic E-state index is 0. The van der Waals surface area contributed by atoms with Gasteiger partial charge < -0.3 is 30.1 Å². The Balaban J connectivity index is 0.00000961. The first kappa shape index (κ1) is 31.2. The van der Waals surface area contributed by atoms with Gasteiger partial charge in [0.1, 0.15) is 5.60 Å². The Hall–Kier alpha value is -0.810. The second-order valence-corrected chi connectivity index (χ2v) is 10.0. The van der Waals surface area contributed by atoms with Gasteiger partial charge in [-0.05, 0) is 59.5 Å². The molecule has 0 aromatic rings. The number of nitrogens with zero attached hydrogens (tertiary/aromatic N) is 4. The number of likely N-dealkylation sites (N-methyl/N-ethyl adjacent to an activating group) is 1. The average Bonchev–Trinajstić information content (AvgIpc) is 2.67. The first-order valence-electron chi connectivity index (χ1n) is 11.8. The molecular formula is C23H49IN6O2. The van der Waals surface area contributed by atoms with Gasteiger partial charge in [-0.2, -0.15) is 0 Å². The van der Waals surface area contributed by atoms with E-state index in [1.807, 2.05) is 34.9 Å². The quantitative estimate of drug-likeness (QED) is 0.183. The maximum absolute atomic E-state index is 12.2. The zero-order valence-corrected chi connectivity index (χ0v) is 24.1. The lowest BCUT2D eigenvalue weighted by Crippen LogP contribution is -2.45. The van der Waals surface area contributed by atoms with Gasteiger partial charge in [-0.15, -0.1) is 24.0 Å². The number of aliphatic imine (C=N–C) groups is 1. The number of unbranched alkanes of at least 4 members (excludes halogenated alkanes) is 1. The van der Waals surface area contributed by atoms with Crippen molar-refractivity contribution in [3.63, 3.8) is 0 Å². The van der Waals surface area contributed by atoms with Crippen LogP contribution in [-0.2, 0) is 4.74 Å². The molecule has 1 atom stereocenters. The summed E-state index contributed by atoms with van der Waals surface area (Å²) in [6.45, 7) is 17.5. The van der Waals surface area contributed by atoms with Crippen molar-refractivity contribution in [2.24, 2.45) is 10.9 Å². The summed E-state index contributed by atoms with van der Waals surface area (Å²) < 4.78 is 5.41. The lowest BCUT2D eigenvalue weighted by atomic mass is 10.0. The molecule has 0 radical (unpaired) electrons. The molecule has 190 valence electrons. The van der Waals surface area contributed by atoms with E-state index < -0.39 is 5.60 Å². The third-order valence-electron chi connectivity index (χ3n) is 5.64. The molecule has 1 fully saturated rings. The van der Waals surface area contributed by atoms with Crippen LogP contribution in [0.3, 0.4) is 0 Å². The van der Waals surface area contributed by atoms with Crippen molar-refractivity contribution in [1.82, 2.24) is 25.3 Å². The van der Waals surface area contributed by atoms with Crippen LogP contribution < -0.4 is 10.6 Å². The van der Waals surface area contributed by atoms with Crippen LogP contribution in [0.2, 0.25) is 0 Å². The average molecular weight is 569 g/mol. The minimum atomic E-state index is -0.487. The summed E-state index contributed by atoms with van der Waals surface area (Å²) in [5.74, 6) is 1.23. The molecule has 0 aromatic heterocycles. The van der Waals surface area contributed by atoms with E-state index in [-0.39, 0.29) is 36.1 Å². The Kier molecular flexibility index (Phi) is 15.5. The van der Waals surface area contributed by atoms with Crippen LogP contribution in [-0.4, -0.2) is 105 Å². The minimum Gasteiger partial charge on any atom is -0.444 e. The molecule has 1 unspecified atom stereocenters. The molecule has 8 nitrogen and oxygen atoms in total. The van der Waals surface area contributed by atoms with Gasteiger partial charge in [0.05, 0.1) is 0 Å². The van der Waals surface area contributed by atoms with Crippen molar-refractivity contribution >= 4 is 36.0 Å². The number of alkyl carbamates (subject to hydrolysis) is 1. The number of guanidine groups is 1. The molecular weight excluding hydrogens is 519 g/mol.